The molecule has 2 atom stereocenters. The van der Waals surface area contributed by atoms with Crippen LogP contribution < -0.4 is 19.7 Å². The Morgan fingerprint density at radius 3 is 2.43 bits per heavy atom. The minimum Gasteiger partial charge on any atom is -0.493 e. The molecule has 8 nitrogen and oxygen atoms in total. The van der Waals surface area contributed by atoms with Crippen molar-refractivity contribution in [2.45, 2.75) is 45.6 Å². The predicted octanol–water partition coefficient (Wildman–Crippen LogP) is 5.11. The van der Waals surface area contributed by atoms with Gasteiger partial charge in [0.1, 0.15) is 5.01 Å². The number of benzene rings is 2. The summed E-state index contributed by atoms with van der Waals surface area (Å²) in [4.78, 5) is 28.6. The van der Waals surface area contributed by atoms with E-state index < -0.39 is 12.0 Å². The van der Waals surface area contributed by atoms with E-state index in [4.69, 9.17) is 9.47 Å². The number of ether oxygens (including phenoxy) is 2. The quantitative estimate of drug-likeness (QED) is 0.491. The highest BCUT2D eigenvalue weighted by atomic mass is 32.1. The van der Waals surface area contributed by atoms with Crippen molar-refractivity contribution in [3.8, 4) is 11.5 Å². The summed E-state index contributed by atoms with van der Waals surface area (Å²) in [6.07, 6.45) is 0.686. The van der Waals surface area contributed by atoms with E-state index in [0.29, 0.717) is 23.1 Å². The lowest BCUT2D eigenvalue weighted by molar-refractivity contribution is -0.125. The van der Waals surface area contributed by atoms with Gasteiger partial charge in [0.2, 0.25) is 16.9 Å². The molecule has 1 saturated heterocycles. The monoisotopic (exact) mass is 494 g/mol. The summed E-state index contributed by atoms with van der Waals surface area (Å²) in [6.45, 7) is 6.06. The van der Waals surface area contributed by atoms with Crippen LogP contribution in [0.25, 0.3) is 0 Å². The molecule has 1 aliphatic heterocycles. The van der Waals surface area contributed by atoms with E-state index in [-0.39, 0.29) is 24.2 Å². The van der Waals surface area contributed by atoms with E-state index in [1.165, 1.54) is 11.3 Å². The normalized spacial score (nSPS) is 18.0. The molecule has 2 aromatic carbocycles. The van der Waals surface area contributed by atoms with E-state index >= 15 is 0 Å². The zero-order valence-electron chi connectivity index (χ0n) is 20.6. The van der Waals surface area contributed by atoms with Crippen LogP contribution in [-0.4, -0.2) is 36.2 Å². The number of aromatic nitrogens is 2. The summed E-state index contributed by atoms with van der Waals surface area (Å²) >= 11 is 1.37. The van der Waals surface area contributed by atoms with Gasteiger partial charge in [-0.1, -0.05) is 48.9 Å². The van der Waals surface area contributed by atoms with Crippen molar-refractivity contribution in [3.63, 3.8) is 0 Å². The zero-order chi connectivity index (χ0) is 25.1. The Kier molecular flexibility index (Phi) is 7.35. The van der Waals surface area contributed by atoms with Crippen LogP contribution in [0.3, 0.4) is 0 Å². The number of amides is 2. The number of anilines is 2. The van der Waals surface area contributed by atoms with Crippen LogP contribution >= 0.6 is 11.3 Å². The van der Waals surface area contributed by atoms with Gasteiger partial charge >= 0.3 is 0 Å². The first-order chi connectivity index (χ1) is 16.8. The van der Waals surface area contributed by atoms with Gasteiger partial charge in [0.25, 0.3) is 0 Å². The van der Waals surface area contributed by atoms with Crippen LogP contribution in [0.4, 0.5) is 10.8 Å². The van der Waals surface area contributed by atoms with Gasteiger partial charge in [0.05, 0.1) is 26.2 Å². The third-order valence-corrected chi connectivity index (χ3v) is 7.30. The third-order valence-electron chi connectivity index (χ3n) is 6.16. The van der Waals surface area contributed by atoms with Crippen molar-refractivity contribution in [3.05, 3.63) is 58.6 Å². The lowest BCUT2D eigenvalue weighted by Gasteiger charge is -2.41. The molecule has 2 amide bonds. The summed E-state index contributed by atoms with van der Waals surface area (Å²) < 4.78 is 10.9. The number of nitrogens with one attached hydrogen (secondary N) is 1. The van der Waals surface area contributed by atoms with Gasteiger partial charge in [-0.2, -0.15) is 0 Å². The minimum atomic E-state index is -0.531. The number of hydrogen-bond acceptors (Lipinski definition) is 7. The van der Waals surface area contributed by atoms with Crippen molar-refractivity contribution < 1.29 is 19.1 Å². The molecule has 2 unspecified atom stereocenters. The molecule has 0 aliphatic carbocycles. The molecule has 0 bridgehead atoms. The molecule has 9 heteroatoms. The number of hydrogen-bond donors (Lipinski definition) is 1. The molecule has 184 valence electrons. The molecule has 1 N–H and O–H groups in total. The molecule has 0 radical (unpaired) electrons. The molecule has 0 saturated carbocycles. The Balaban J connectivity index is 1.75. The number of nitrogens with zero attached hydrogens (tertiary/aromatic N) is 3. The van der Waals surface area contributed by atoms with Crippen molar-refractivity contribution in [2.75, 3.05) is 24.4 Å². The average Bonchev–Trinajstić information content (AvgIpc) is 3.33. The number of carbonyl (C=O) groups excluding carboxylic acids is 2. The van der Waals surface area contributed by atoms with Gasteiger partial charge in [-0.05, 0) is 43.2 Å². The van der Waals surface area contributed by atoms with Crippen LogP contribution in [-0.2, 0) is 9.59 Å². The highest BCUT2D eigenvalue weighted by Crippen LogP contribution is 2.43. The molecular weight excluding hydrogens is 464 g/mol. The average molecular weight is 495 g/mol. The van der Waals surface area contributed by atoms with Crippen LogP contribution in [0.1, 0.15) is 54.8 Å². The van der Waals surface area contributed by atoms with Crippen molar-refractivity contribution in [2.24, 2.45) is 5.92 Å². The maximum atomic E-state index is 13.6. The van der Waals surface area contributed by atoms with Crippen LogP contribution in [0.2, 0.25) is 0 Å². The number of aryl methyl sites for hydroxylation is 1. The Labute approximate surface area is 209 Å². The Morgan fingerprint density at radius 1 is 1.09 bits per heavy atom. The zero-order valence-corrected chi connectivity index (χ0v) is 21.4. The molecule has 3 aromatic rings. The first-order valence-electron chi connectivity index (χ1n) is 11.6. The van der Waals surface area contributed by atoms with E-state index in [9.17, 15) is 9.59 Å². The summed E-state index contributed by atoms with van der Waals surface area (Å²) in [5.41, 5.74) is 2.62. The van der Waals surface area contributed by atoms with Crippen molar-refractivity contribution in [1.82, 2.24) is 10.2 Å². The topological polar surface area (TPSA) is 93.7 Å². The second-order valence-electron chi connectivity index (χ2n) is 8.89. The molecular formula is C26H30N4O4S. The standard InChI is InChI=1S/C26H30N4O4S/c1-15(2)25-28-29-26(35-25)27-24(32)19-11-13-22(31)30(18-9-6-16(3)7-10-18)23(19)17-8-12-20(33-4)21(14-17)34-5/h6-10,12,14-15,19,23H,11,13H2,1-5H3,(H,27,29,32). The molecule has 0 spiro atoms. The highest BCUT2D eigenvalue weighted by molar-refractivity contribution is 7.15. The van der Waals surface area contributed by atoms with E-state index in [1.54, 1.807) is 25.2 Å². The van der Waals surface area contributed by atoms with E-state index in [1.807, 2.05) is 57.2 Å². The van der Waals surface area contributed by atoms with E-state index in [0.717, 1.165) is 21.8 Å². The maximum Gasteiger partial charge on any atom is 0.231 e. The Morgan fingerprint density at radius 2 is 1.80 bits per heavy atom. The van der Waals surface area contributed by atoms with Crippen LogP contribution in [0.15, 0.2) is 42.5 Å². The van der Waals surface area contributed by atoms with Crippen LogP contribution in [0.5, 0.6) is 11.5 Å². The van der Waals surface area contributed by atoms with Gasteiger partial charge in [0.15, 0.2) is 11.5 Å². The highest BCUT2D eigenvalue weighted by Gasteiger charge is 2.42. The fraction of sp³-hybridized carbons (Fsp3) is 0.385. The smallest absolute Gasteiger partial charge is 0.231 e. The predicted molar refractivity (Wildman–Crippen MR) is 136 cm³/mol. The SMILES string of the molecule is COc1ccc(C2C(C(=O)Nc3nnc(C(C)C)s3)CCC(=O)N2c2ccc(C)cc2)cc1OC. The summed E-state index contributed by atoms with van der Waals surface area (Å²) in [6, 6.07) is 12.8. The first kappa shape index (κ1) is 24.7. The molecule has 4 rings (SSSR count). The Bertz CT molecular complexity index is 1210. The number of rotatable bonds is 7. The van der Waals surface area contributed by atoms with Gasteiger partial charge in [0, 0.05) is 18.0 Å². The lowest BCUT2D eigenvalue weighted by atomic mass is 9.83. The van der Waals surface area contributed by atoms with Gasteiger partial charge in [-0.3, -0.25) is 9.59 Å². The third kappa shape index (κ3) is 5.14. The van der Waals surface area contributed by atoms with Crippen molar-refractivity contribution >= 4 is 34.0 Å². The van der Waals surface area contributed by atoms with Gasteiger partial charge < -0.3 is 19.7 Å². The summed E-state index contributed by atoms with van der Waals surface area (Å²) in [7, 11) is 3.14. The fourth-order valence-electron chi connectivity index (χ4n) is 4.31. The molecule has 1 aliphatic rings. The van der Waals surface area contributed by atoms with E-state index in [2.05, 4.69) is 15.5 Å². The molecule has 1 fully saturated rings. The number of carbonyl (C=O) groups is 2. The second-order valence-corrected chi connectivity index (χ2v) is 9.90. The summed E-state index contributed by atoms with van der Waals surface area (Å²) in [5, 5.41) is 12.6. The van der Waals surface area contributed by atoms with Crippen molar-refractivity contribution in [1.29, 1.82) is 0 Å². The second kappa shape index (κ2) is 10.4. The Hall–Kier alpha value is -3.46. The van der Waals surface area contributed by atoms with Crippen LogP contribution in [0, 0.1) is 12.8 Å². The summed E-state index contributed by atoms with van der Waals surface area (Å²) in [5.74, 6) is 0.616. The fourth-order valence-corrected chi connectivity index (χ4v) is 5.06. The first-order valence-corrected chi connectivity index (χ1v) is 12.4. The van der Waals surface area contributed by atoms with Gasteiger partial charge in [-0.15, -0.1) is 10.2 Å². The molecule has 1 aromatic heterocycles. The molecule has 35 heavy (non-hydrogen) atoms. The molecule has 2 heterocycles. The minimum absolute atomic E-state index is 0.0318. The number of methoxy groups -OCH3 is 2. The lowest BCUT2D eigenvalue weighted by Crippen LogP contribution is -2.47. The largest absolute Gasteiger partial charge is 0.493 e. The number of piperidine rings is 1. The maximum absolute atomic E-state index is 13.6. The van der Waals surface area contributed by atoms with Gasteiger partial charge in [-0.25, -0.2) is 0 Å².